The van der Waals surface area contributed by atoms with Crippen molar-refractivity contribution in [2.45, 2.75) is 6.18 Å². The van der Waals surface area contributed by atoms with Crippen LogP contribution < -0.4 is 10.2 Å². The summed E-state index contributed by atoms with van der Waals surface area (Å²) >= 11 is 0. The van der Waals surface area contributed by atoms with Crippen molar-refractivity contribution in [1.82, 2.24) is 0 Å². The Morgan fingerprint density at radius 2 is 1.34 bits per heavy atom. The Bertz CT molecular complexity index is 1230. The minimum Gasteiger partial charge on any atom is -0.350 e. The Balaban J connectivity index is 1.81. The second kappa shape index (κ2) is 7.92. The molecule has 4 rings (SSSR count). The van der Waals surface area contributed by atoms with Crippen molar-refractivity contribution in [3.63, 3.8) is 0 Å². The Morgan fingerprint density at radius 1 is 0.750 bits per heavy atom. The van der Waals surface area contributed by atoms with Crippen LogP contribution in [0.4, 0.5) is 33.3 Å². The van der Waals surface area contributed by atoms with Crippen LogP contribution in [0.25, 0.3) is 5.57 Å². The monoisotopic (exact) mass is 444 g/mol. The number of imide groups is 1. The van der Waals surface area contributed by atoms with Crippen molar-refractivity contribution >= 4 is 28.8 Å². The van der Waals surface area contributed by atoms with Gasteiger partial charge in [0.15, 0.2) is 0 Å². The predicted octanol–water partition coefficient (Wildman–Crippen LogP) is 5.38. The van der Waals surface area contributed by atoms with Crippen molar-refractivity contribution in [3.05, 3.63) is 101 Å². The molecule has 0 saturated carbocycles. The molecule has 0 aliphatic carbocycles. The molecular formula is C23H13F5N2O2. The zero-order chi connectivity index (χ0) is 23.0. The molecule has 0 aromatic heterocycles. The van der Waals surface area contributed by atoms with E-state index in [2.05, 4.69) is 5.32 Å². The topological polar surface area (TPSA) is 49.4 Å². The van der Waals surface area contributed by atoms with Crippen LogP contribution >= 0.6 is 0 Å². The minimum absolute atomic E-state index is 0.156. The molecule has 4 nitrogen and oxygen atoms in total. The highest BCUT2D eigenvalue weighted by Gasteiger charge is 2.41. The Labute approximate surface area is 178 Å². The molecule has 32 heavy (non-hydrogen) atoms. The highest BCUT2D eigenvalue weighted by molar-refractivity contribution is 6.46. The molecule has 3 aromatic carbocycles. The molecule has 0 saturated heterocycles. The number of rotatable bonds is 4. The number of halogens is 5. The van der Waals surface area contributed by atoms with Crippen LogP contribution in [0.3, 0.4) is 0 Å². The summed E-state index contributed by atoms with van der Waals surface area (Å²) in [5.74, 6) is -2.89. The number of amides is 2. The van der Waals surface area contributed by atoms with E-state index in [0.29, 0.717) is 11.0 Å². The third-order valence-electron chi connectivity index (χ3n) is 4.76. The van der Waals surface area contributed by atoms with Crippen LogP contribution in [0.15, 0.2) is 78.5 Å². The van der Waals surface area contributed by atoms with E-state index in [4.69, 9.17) is 0 Å². The number of benzene rings is 3. The molecule has 9 heteroatoms. The van der Waals surface area contributed by atoms with E-state index in [0.717, 1.165) is 36.4 Å². The molecule has 0 fully saturated rings. The first kappa shape index (κ1) is 21.2. The fourth-order valence-corrected chi connectivity index (χ4v) is 3.26. The van der Waals surface area contributed by atoms with Gasteiger partial charge in [-0.05, 0) is 60.2 Å². The maximum atomic E-state index is 13.4. The van der Waals surface area contributed by atoms with E-state index >= 15 is 0 Å². The summed E-state index contributed by atoms with van der Waals surface area (Å²) in [6.07, 6.45) is -4.68. The molecule has 1 aliphatic heterocycles. The summed E-state index contributed by atoms with van der Waals surface area (Å²) in [4.78, 5) is 27.0. The standard InChI is InChI=1S/C23H13F5N2O2/c24-15-6-4-13(5-7-15)19-20(29-17-10-8-16(25)9-11-17)22(32)30(21(19)31)18-3-1-2-14(12-18)23(26,27)28/h1-12,29H. The van der Waals surface area contributed by atoms with E-state index < -0.39 is 35.2 Å². The number of nitrogens with zero attached hydrogens (tertiary/aromatic N) is 1. The molecule has 2 amide bonds. The lowest BCUT2D eigenvalue weighted by atomic mass is 10.0. The van der Waals surface area contributed by atoms with E-state index in [1.807, 2.05) is 0 Å². The van der Waals surface area contributed by atoms with Gasteiger partial charge >= 0.3 is 6.18 Å². The first-order chi connectivity index (χ1) is 15.1. The molecule has 0 atom stereocenters. The van der Waals surface area contributed by atoms with Crippen molar-refractivity contribution in [2.75, 3.05) is 10.2 Å². The summed E-state index contributed by atoms with van der Waals surface area (Å²) in [6.45, 7) is 0. The van der Waals surface area contributed by atoms with Gasteiger partial charge in [-0.15, -0.1) is 0 Å². The Kier molecular flexibility index (Phi) is 5.25. The smallest absolute Gasteiger partial charge is 0.350 e. The van der Waals surface area contributed by atoms with Crippen LogP contribution in [-0.2, 0) is 15.8 Å². The fraction of sp³-hybridized carbons (Fsp3) is 0.0435. The van der Waals surface area contributed by atoms with Crippen molar-refractivity contribution in [2.24, 2.45) is 0 Å². The Hall–Kier alpha value is -4.01. The molecule has 3 aromatic rings. The van der Waals surface area contributed by atoms with E-state index in [1.165, 1.54) is 30.3 Å². The molecule has 162 valence electrons. The summed E-state index contributed by atoms with van der Waals surface area (Å²) < 4.78 is 66.1. The number of nitrogens with one attached hydrogen (secondary N) is 1. The van der Waals surface area contributed by atoms with E-state index in [1.54, 1.807) is 0 Å². The first-order valence-corrected chi connectivity index (χ1v) is 9.24. The maximum absolute atomic E-state index is 13.4. The normalized spacial score (nSPS) is 14.3. The van der Waals surface area contributed by atoms with Crippen LogP contribution in [0.5, 0.6) is 0 Å². The number of hydrogen-bond acceptors (Lipinski definition) is 3. The van der Waals surface area contributed by atoms with Gasteiger partial charge in [0.2, 0.25) is 0 Å². The van der Waals surface area contributed by atoms with Gasteiger partial charge in [-0.3, -0.25) is 9.59 Å². The Morgan fingerprint density at radius 3 is 1.94 bits per heavy atom. The van der Waals surface area contributed by atoms with E-state index in [9.17, 15) is 31.5 Å². The molecular weight excluding hydrogens is 431 g/mol. The van der Waals surface area contributed by atoms with Gasteiger partial charge in [0, 0.05) is 5.69 Å². The van der Waals surface area contributed by atoms with Crippen molar-refractivity contribution in [1.29, 1.82) is 0 Å². The SMILES string of the molecule is O=C1C(Nc2ccc(F)cc2)=C(c2ccc(F)cc2)C(=O)N1c1cccc(C(F)(F)F)c1. The van der Waals surface area contributed by atoms with Gasteiger partial charge in [-0.2, -0.15) is 13.2 Å². The molecule has 0 unspecified atom stereocenters. The predicted molar refractivity (Wildman–Crippen MR) is 107 cm³/mol. The number of hydrogen-bond donors (Lipinski definition) is 1. The summed E-state index contributed by atoms with van der Waals surface area (Å²) in [5.41, 5.74) is -1.23. The molecule has 0 spiro atoms. The third-order valence-corrected chi connectivity index (χ3v) is 4.76. The third kappa shape index (κ3) is 3.96. The molecule has 1 N–H and O–H groups in total. The molecule has 0 radical (unpaired) electrons. The van der Waals surface area contributed by atoms with Gasteiger partial charge in [0.25, 0.3) is 11.8 Å². The number of carbonyl (C=O) groups is 2. The lowest BCUT2D eigenvalue weighted by molar-refractivity contribution is -0.137. The lowest BCUT2D eigenvalue weighted by Crippen LogP contribution is -2.32. The number of carbonyl (C=O) groups excluding carboxylic acids is 2. The van der Waals surface area contributed by atoms with E-state index in [-0.39, 0.29) is 28.2 Å². The maximum Gasteiger partial charge on any atom is 0.416 e. The van der Waals surface area contributed by atoms with Crippen LogP contribution in [-0.4, -0.2) is 11.8 Å². The lowest BCUT2D eigenvalue weighted by Gasteiger charge is -2.17. The number of alkyl halides is 3. The van der Waals surface area contributed by atoms with Crippen molar-refractivity contribution in [3.8, 4) is 0 Å². The molecule has 1 aliphatic rings. The second-order valence-corrected chi connectivity index (χ2v) is 6.88. The highest BCUT2D eigenvalue weighted by atomic mass is 19.4. The molecule has 1 heterocycles. The highest BCUT2D eigenvalue weighted by Crippen LogP contribution is 2.36. The average molecular weight is 444 g/mol. The zero-order valence-electron chi connectivity index (χ0n) is 16.1. The number of anilines is 2. The fourth-order valence-electron chi connectivity index (χ4n) is 3.26. The van der Waals surface area contributed by atoms with Crippen LogP contribution in [0.1, 0.15) is 11.1 Å². The first-order valence-electron chi connectivity index (χ1n) is 9.24. The van der Waals surface area contributed by atoms with Gasteiger partial charge in [-0.25, -0.2) is 13.7 Å². The summed E-state index contributed by atoms with van der Waals surface area (Å²) in [5, 5.41) is 2.74. The van der Waals surface area contributed by atoms with Crippen LogP contribution in [0, 0.1) is 11.6 Å². The molecule has 0 bridgehead atoms. The van der Waals surface area contributed by atoms with Gasteiger partial charge in [0.05, 0.1) is 16.8 Å². The van der Waals surface area contributed by atoms with Gasteiger partial charge in [0.1, 0.15) is 17.3 Å². The van der Waals surface area contributed by atoms with Gasteiger partial charge in [-0.1, -0.05) is 18.2 Å². The summed E-state index contributed by atoms with van der Waals surface area (Å²) in [6, 6.07) is 13.4. The second-order valence-electron chi connectivity index (χ2n) is 6.88. The van der Waals surface area contributed by atoms with Crippen LogP contribution in [0.2, 0.25) is 0 Å². The van der Waals surface area contributed by atoms with Gasteiger partial charge < -0.3 is 5.32 Å². The average Bonchev–Trinajstić information content (AvgIpc) is 2.99. The van der Waals surface area contributed by atoms with Crippen molar-refractivity contribution < 1.29 is 31.5 Å². The largest absolute Gasteiger partial charge is 0.416 e. The zero-order valence-corrected chi connectivity index (χ0v) is 16.1. The minimum atomic E-state index is -4.68. The quantitative estimate of drug-likeness (QED) is 0.434. The summed E-state index contributed by atoms with van der Waals surface area (Å²) in [7, 11) is 0.